The molecule has 1 atom stereocenters. The molecule has 0 saturated carbocycles. The predicted octanol–water partition coefficient (Wildman–Crippen LogP) is 1.37. The monoisotopic (exact) mass is 245 g/mol. The Labute approximate surface area is 95.5 Å². The summed E-state index contributed by atoms with van der Waals surface area (Å²) in [6.07, 6.45) is -0.0114. The molecule has 1 heterocycles. The molecule has 1 N–H and O–H groups in total. The van der Waals surface area contributed by atoms with E-state index in [0.717, 1.165) is 17.0 Å². The Balaban J connectivity index is 2.31. The average molecular weight is 245 g/mol. The van der Waals surface area contributed by atoms with Gasteiger partial charge in [-0.3, -0.25) is 4.79 Å². The van der Waals surface area contributed by atoms with Crippen molar-refractivity contribution >= 4 is 5.91 Å². The summed E-state index contributed by atoms with van der Waals surface area (Å²) in [4.78, 5) is 12.5. The standard InChI is InChI=1S/C11H10F3NO2/c12-8-2-1-7(10(13)11(8)14)6-3-9(17)15(4-6)5-16/h1-2,6,16H,3-5H2. The molecule has 1 unspecified atom stereocenters. The number of aliphatic hydroxyl groups is 1. The van der Waals surface area contributed by atoms with Gasteiger partial charge in [-0.2, -0.15) is 0 Å². The molecular formula is C11H10F3NO2. The van der Waals surface area contributed by atoms with Gasteiger partial charge in [0, 0.05) is 18.9 Å². The molecule has 1 aliphatic heterocycles. The summed E-state index contributed by atoms with van der Waals surface area (Å²) in [6, 6.07) is 1.96. The maximum atomic E-state index is 13.5. The van der Waals surface area contributed by atoms with E-state index in [1.807, 2.05) is 0 Å². The first-order valence-corrected chi connectivity index (χ1v) is 5.06. The molecule has 1 amide bonds. The molecule has 0 spiro atoms. The van der Waals surface area contributed by atoms with E-state index in [1.165, 1.54) is 0 Å². The fourth-order valence-corrected chi connectivity index (χ4v) is 1.97. The first-order chi connectivity index (χ1) is 8.04. The van der Waals surface area contributed by atoms with Crippen LogP contribution in [0.4, 0.5) is 13.2 Å². The predicted molar refractivity (Wildman–Crippen MR) is 52.5 cm³/mol. The molecule has 0 aromatic heterocycles. The number of carbonyl (C=O) groups is 1. The van der Waals surface area contributed by atoms with Crippen LogP contribution in [0, 0.1) is 17.5 Å². The summed E-state index contributed by atoms with van der Waals surface area (Å²) in [5, 5.41) is 8.85. The summed E-state index contributed by atoms with van der Waals surface area (Å²) in [7, 11) is 0. The Bertz CT molecular complexity index is 464. The lowest BCUT2D eigenvalue weighted by molar-refractivity contribution is -0.130. The van der Waals surface area contributed by atoms with Gasteiger partial charge in [0.2, 0.25) is 5.91 Å². The molecule has 17 heavy (non-hydrogen) atoms. The van der Waals surface area contributed by atoms with Crippen molar-refractivity contribution in [3.63, 3.8) is 0 Å². The third-order valence-corrected chi connectivity index (χ3v) is 2.89. The van der Waals surface area contributed by atoms with Gasteiger partial charge in [-0.25, -0.2) is 13.2 Å². The number of likely N-dealkylation sites (tertiary alicyclic amines) is 1. The minimum absolute atomic E-state index is 0.0114. The van der Waals surface area contributed by atoms with Crippen LogP contribution in [0.25, 0.3) is 0 Å². The molecule has 0 aliphatic carbocycles. The molecule has 1 aromatic rings. The zero-order chi connectivity index (χ0) is 12.6. The Kier molecular flexibility index (Phi) is 3.06. The smallest absolute Gasteiger partial charge is 0.225 e. The lowest BCUT2D eigenvalue weighted by atomic mass is 9.97. The van der Waals surface area contributed by atoms with E-state index in [0.29, 0.717) is 0 Å². The van der Waals surface area contributed by atoms with Gasteiger partial charge >= 0.3 is 0 Å². The van der Waals surface area contributed by atoms with Crippen molar-refractivity contribution in [3.8, 4) is 0 Å². The first-order valence-electron chi connectivity index (χ1n) is 5.06. The van der Waals surface area contributed by atoms with Crippen molar-refractivity contribution in [2.75, 3.05) is 13.3 Å². The summed E-state index contributed by atoms with van der Waals surface area (Å²) in [5.41, 5.74) is -0.0341. The van der Waals surface area contributed by atoms with Gasteiger partial charge in [0.1, 0.15) is 6.73 Å². The zero-order valence-electron chi connectivity index (χ0n) is 8.79. The Morgan fingerprint density at radius 3 is 2.59 bits per heavy atom. The number of rotatable bonds is 2. The van der Waals surface area contributed by atoms with Crippen LogP contribution in [0.2, 0.25) is 0 Å². The third-order valence-electron chi connectivity index (χ3n) is 2.89. The summed E-state index contributed by atoms with van der Waals surface area (Å²) < 4.78 is 39.2. The van der Waals surface area contributed by atoms with Crippen LogP contribution in [0.15, 0.2) is 12.1 Å². The maximum Gasteiger partial charge on any atom is 0.225 e. The second kappa shape index (κ2) is 4.37. The molecule has 92 valence electrons. The number of hydrogen-bond donors (Lipinski definition) is 1. The topological polar surface area (TPSA) is 40.5 Å². The van der Waals surface area contributed by atoms with E-state index < -0.39 is 30.1 Å². The summed E-state index contributed by atoms with van der Waals surface area (Å²) in [6.45, 7) is -0.349. The second-order valence-corrected chi connectivity index (χ2v) is 3.92. The van der Waals surface area contributed by atoms with E-state index in [9.17, 15) is 18.0 Å². The molecule has 3 nitrogen and oxygen atoms in total. The second-order valence-electron chi connectivity index (χ2n) is 3.92. The molecule has 0 bridgehead atoms. The van der Waals surface area contributed by atoms with Gasteiger partial charge in [-0.15, -0.1) is 0 Å². The number of halogens is 3. The van der Waals surface area contributed by atoms with E-state index in [2.05, 4.69) is 0 Å². The average Bonchev–Trinajstić information content (AvgIpc) is 2.67. The van der Waals surface area contributed by atoms with Crippen LogP contribution in [-0.4, -0.2) is 29.2 Å². The molecule has 1 saturated heterocycles. The lowest BCUT2D eigenvalue weighted by Crippen LogP contribution is -2.25. The molecule has 0 radical (unpaired) electrons. The van der Waals surface area contributed by atoms with Gasteiger partial charge in [-0.1, -0.05) is 6.07 Å². The van der Waals surface area contributed by atoms with Crippen molar-refractivity contribution in [2.45, 2.75) is 12.3 Å². The number of amides is 1. The number of carbonyl (C=O) groups excluding carboxylic acids is 1. The minimum Gasteiger partial charge on any atom is -0.376 e. The largest absolute Gasteiger partial charge is 0.376 e. The molecule has 2 rings (SSSR count). The van der Waals surface area contributed by atoms with Gasteiger partial charge in [0.15, 0.2) is 17.5 Å². The third kappa shape index (κ3) is 2.00. The van der Waals surface area contributed by atoms with Gasteiger partial charge in [0.05, 0.1) is 0 Å². The lowest BCUT2D eigenvalue weighted by Gasteiger charge is -2.13. The molecule has 1 aliphatic rings. The SMILES string of the molecule is O=C1CC(c2ccc(F)c(F)c2F)CN1CO. The van der Waals surface area contributed by atoms with E-state index in [-0.39, 0.29) is 24.4 Å². The summed E-state index contributed by atoms with van der Waals surface area (Å²) in [5.74, 6) is -4.93. The van der Waals surface area contributed by atoms with Crippen molar-refractivity contribution in [1.82, 2.24) is 4.90 Å². The quantitative estimate of drug-likeness (QED) is 0.799. The molecule has 1 aromatic carbocycles. The summed E-state index contributed by atoms with van der Waals surface area (Å²) >= 11 is 0. The number of nitrogens with zero attached hydrogens (tertiary/aromatic N) is 1. The Morgan fingerprint density at radius 1 is 1.29 bits per heavy atom. The normalized spacial score (nSPS) is 20.1. The van der Waals surface area contributed by atoms with E-state index >= 15 is 0 Å². The highest BCUT2D eigenvalue weighted by molar-refractivity contribution is 5.79. The van der Waals surface area contributed by atoms with Crippen molar-refractivity contribution < 1.29 is 23.1 Å². The maximum absolute atomic E-state index is 13.5. The highest BCUT2D eigenvalue weighted by Gasteiger charge is 2.32. The van der Waals surface area contributed by atoms with Crippen LogP contribution in [-0.2, 0) is 4.79 Å². The van der Waals surface area contributed by atoms with Crippen LogP contribution < -0.4 is 0 Å². The fourth-order valence-electron chi connectivity index (χ4n) is 1.97. The fraction of sp³-hybridized carbons (Fsp3) is 0.364. The van der Waals surface area contributed by atoms with Crippen LogP contribution in [0.3, 0.4) is 0 Å². The molecule has 6 heteroatoms. The van der Waals surface area contributed by atoms with E-state index in [4.69, 9.17) is 5.11 Å². The number of benzene rings is 1. The molecule has 1 fully saturated rings. The van der Waals surface area contributed by atoms with Crippen molar-refractivity contribution in [1.29, 1.82) is 0 Å². The van der Waals surface area contributed by atoms with E-state index in [1.54, 1.807) is 0 Å². The van der Waals surface area contributed by atoms with Gasteiger partial charge in [-0.05, 0) is 11.6 Å². The highest BCUT2D eigenvalue weighted by Crippen LogP contribution is 2.31. The van der Waals surface area contributed by atoms with Crippen LogP contribution in [0.5, 0.6) is 0 Å². The Morgan fingerprint density at radius 2 is 2.00 bits per heavy atom. The number of hydrogen-bond acceptors (Lipinski definition) is 2. The van der Waals surface area contributed by atoms with Crippen LogP contribution >= 0.6 is 0 Å². The van der Waals surface area contributed by atoms with Gasteiger partial charge < -0.3 is 10.0 Å². The first kappa shape index (κ1) is 11.9. The van der Waals surface area contributed by atoms with Crippen molar-refractivity contribution in [2.24, 2.45) is 0 Å². The minimum atomic E-state index is -1.53. The van der Waals surface area contributed by atoms with Crippen molar-refractivity contribution in [3.05, 3.63) is 35.1 Å². The zero-order valence-corrected chi connectivity index (χ0v) is 8.79. The molecular weight excluding hydrogens is 235 g/mol. The highest BCUT2D eigenvalue weighted by atomic mass is 19.2. The number of aliphatic hydroxyl groups excluding tert-OH is 1. The van der Waals surface area contributed by atoms with Crippen LogP contribution in [0.1, 0.15) is 17.9 Å². The van der Waals surface area contributed by atoms with Gasteiger partial charge in [0.25, 0.3) is 0 Å². The Hall–Kier alpha value is -1.56.